The summed E-state index contributed by atoms with van der Waals surface area (Å²) in [6, 6.07) is 5.24. The van der Waals surface area contributed by atoms with Gasteiger partial charge in [-0.05, 0) is 31.8 Å². The molecule has 114 valence electrons. The van der Waals surface area contributed by atoms with Gasteiger partial charge in [0, 0.05) is 13.1 Å². The molecule has 1 aliphatic heterocycles. The van der Waals surface area contributed by atoms with Crippen molar-refractivity contribution in [3.8, 4) is 0 Å². The lowest BCUT2D eigenvalue weighted by atomic mass is 10.1. The van der Waals surface area contributed by atoms with E-state index >= 15 is 0 Å². The Morgan fingerprint density at radius 3 is 2.62 bits per heavy atom. The fraction of sp³-hybridized carbons (Fsp3) is 0.429. The zero-order valence-electron chi connectivity index (χ0n) is 12.0. The summed E-state index contributed by atoms with van der Waals surface area (Å²) in [5.41, 5.74) is 0.912. The third-order valence-corrected chi connectivity index (χ3v) is 3.44. The number of nitrogens with one attached hydrogen (secondary N) is 3. The van der Waals surface area contributed by atoms with Crippen LogP contribution < -0.4 is 16.0 Å². The van der Waals surface area contributed by atoms with Crippen LogP contribution in [0.15, 0.2) is 24.3 Å². The van der Waals surface area contributed by atoms with Crippen molar-refractivity contribution in [2.75, 3.05) is 27.2 Å². The normalized spacial score (nSPS) is 19.0. The first-order valence-corrected chi connectivity index (χ1v) is 6.71. The second-order valence-electron chi connectivity index (χ2n) is 5.18. The summed E-state index contributed by atoms with van der Waals surface area (Å²) < 4.78 is 13.0. The first kappa shape index (κ1) is 15.2. The van der Waals surface area contributed by atoms with Crippen LogP contribution in [-0.2, 0) is 4.79 Å². The highest BCUT2D eigenvalue weighted by molar-refractivity contribution is 5.90. The summed E-state index contributed by atoms with van der Waals surface area (Å²) >= 11 is 0. The number of hydrogen-bond donors (Lipinski definition) is 3. The van der Waals surface area contributed by atoms with Crippen LogP contribution in [0.1, 0.15) is 11.6 Å². The molecule has 3 N–H and O–H groups in total. The van der Waals surface area contributed by atoms with E-state index in [4.69, 9.17) is 0 Å². The Bertz CT molecular complexity index is 518. The first-order valence-electron chi connectivity index (χ1n) is 6.71. The number of urea groups is 1. The molecule has 0 aliphatic carbocycles. The van der Waals surface area contributed by atoms with Crippen molar-refractivity contribution in [1.29, 1.82) is 0 Å². The van der Waals surface area contributed by atoms with Crippen molar-refractivity contribution < 1.29 is 14.0 Å². The molecule has 1 aliphatic rings. The van der Waals surface area contributed by atoms with E-state index in [1.165, 1.54) is 12.1 Å². The van der Waals surface area contributed by atoms with E-state index in [2.05, 4.69) is 16.0 Å². The Morgan fingerprint density at radius 1 is 1.43 bits per heavy atom. The molecule has 0 saturated carbocycles. The highest BCUT2D eigenvalue weighted by Crippen LogP contribution is 2.17. The van der Waals surface area contributed by atoms with Gasteiger partial charge in [-0.15, -0.1) is 0 Å². The highest BCUT2D eigenvalue weighted by Gasteiger charge is 2.27. The summed E-state index contributed by atoms with van der Waals surface area (Å²) in [4.78, 5) is 24.9. The number of halogens is 1. The molecule has 2 atom stereocenters. The maximum Gasteiger partial charge on any atom is 0.315 e. The molecule has 2 unspecified atom stereocenters. The van der Waals surface area contributed by atoms with Gasteiger partial charge < -0.3 is 20.9 Å². The molecular formula is C14H19FN4O2. The van der Waals surface area contributed by atoms with Gasteiger partial charge in [-0.1, -0.05) is 12.1 Å². The van der Waals surface area contributed by atoms with Crippen LogP contribution >= 0.6 is 0 Å². The fourth-order valence-electron chi connectivity index (χ4n) is 2.22. The SMILES string of the molecule is CN(C)C(CNC(=O)C1CNC(=O)N1)c1ccc(F)cc1. The summed E-state index contributed by atoms with van der Waals surface area (Å²) in [6.07, 6.45) is 0. The van der Waals surface area contributed by atoms with Crippen LogP contribution in [0.4, 0.5) is 9.18 Å². The van der Waals surface area contributed by atoms with Crippen LogP contribution in [-0.4, -0.2) is 50.1 Å². The van der Waals surface area contributed by atoms with Crippen molar-refractivity contribution in [3.63, 3.8) is 0 Å². The maximum absolute atomic E-state index is 13.0. The number of nitrogens with zero attached hydrogens (tertiary/aromatic N) is 1. The second kappa shape index (κ2) is 6.53. The summed E-state index contributed by atoms with van der Waals surface area (Å²) in [7, 11) is 3.78. The van der Waals surface area contributed by atoms with Gasteiger partial charge in [0.25, 0.3) is 0 Å². The van der Waals surface area contributed by atoms with E-state index in [0.29, 0.717) is 6.54 Å². The van der Waals surface area contributed by atoms with Crippen molar-refractivity contribution in [3.05, 3.63) is 35.6 Å². The van der Waals surface area contributed by atoms with Crippen LogP contribution in [0.25, 0.3) is 0 Å². The van der Waals surface area contributed by atoms with E-state index in [9.17, 15) is 14.0 Å². The predicted octanol–water partition coefficient (Wildman–Crippen LogP) is 0.226. The second-order valence-corrected chi connectivity index (χ2v) is 5.18. The molecule has 0 radical (unpaired) electrons. The summed E-state index contributed by atoms with van der Waals surface area (Å²) in [6.45, 7) is 0.664. The molecule has 6 nitrogen and oxygen atoms in total. The fourth-order valence-corrected chi connectivity index (χ4v) is 2.22. The summed E-state index contributed by atoms with van der Waals surface area (Å²) in [5.74, 6) is -0.526. The van der Waals surface area contributed by atoms with Gasteiger partial charge in [0.15, 0.2) is 0 Å². The van der Waals surface area contributed by atoms with Gasteiger partial charge >= 0.3 is 6.03 Å². The molecule has 1 aromatic carbocycles. The van der Waals surface area contributed by atoms with Crippen molar-refractivity contribution in [1.82, 2.24) is 20.9 Å². The molecular weight excluding hydrogens is 275 g/mol. The van der Waals surface area contributed by atoms with Crippen LogP contribution in [0.5, 0.6) is 0 Å². The standard InChI is InChI=1S/C14H19FN4O2/c1-19(2)12(9-3-5-10(15)6-4-9)8-16-13(20)11-7-17-14(21)18-11/h3-6,11-12H,7-8H2,1-2H3,(H,16,20)(H2,17,18,21). The molecule has 1 heterocycles. The molecule has 3 amide bonds. The van der Waals surface area contributed by atoms with Gasteiger partial charge in [-0.3, -0.25) is 4.79 Å². The number of carbonyl (C=O) groups is 2. The largest absolute Gasteiger partial charge is 0.352 e. The zero-order valence-corrected chi connectivity index (χ0v) is 12.0. The van der Waals surface area contributed by atoms with Crippen LogP contribution in [0.3, 0.4) is 0 Å². The van der Waals surface area contributed by atoms with Crippen LogP contribution in [0.2, 0.25) is 0 Å². The zero-order chi connectivity index (χ0) is 15.4. The smallest absolute Gasteiger partial charge is 0.315 e. The summed E-state index contributed by atoms with van der Waals surface area (Å²) in [5, 5.41) is 7.88. The van der Waals surface area contributed by atoms with Crippen molar-refractivity contribution >= 4 is 11.9 Å². The quantitative estimate of drug-likeness (QED) is 0.727. The Labute approximate surface area is 122 Å². The molecule has 21 heavy (non-hydrogen) atoms. The Hall–Kier alpha value is -2.15. The third-order valence-electron chi connectivity index (χ3n) is 3.44. The average Bonchev–Trinajstić information content (AvgIpc) is 2.87. The van der Waals surface area contributed by atoms with Gasteiger partial charge in [0.2, 0.25) is 5.91 Å². The minimum atomic E-state index is -0.548. The van der Waals surface area contributed by atoms with Crippen molar-refractivity contribution in [2.24, 2.45) is 0 Å². The molecule has 0 spiro atoms. The van der Waals surface area contributed by atoms with Gasteiger partial charge in [-0.25, -0.2) is 9.18 Å². The van der Waals surface area contributed by atoms with Crippen LogP contribution in [0, 0.1) is 5.82 Å². The topological polar surface area (TPSA) is 73.5 Å². The first-order chi connectivity index (χ1) is 9.97. The third kappa shape index (κ3) is 3.91. The monoisotopic (exact) mass is 294 g/mol. The Kier molecular flexibility index (Phi) is 4.74. The number of likely N-dealkylation sites (N-methyl/N-ethyl adjacent to an activating group) is 1. The van der Waals surface area contributed by atoms with Gasteiger partial charge in [0.05, 0.1) is 6.04 Å². The molecule has 1 aromatic rings. The lowest BCUT2D eigenvalue weighted by molar-refractivity contribution is -0.122. The molecule has 1 saturated heterocycles. The molecule has 0 aromatic heterocycles. The lowest BCUT2D eigenvalue weighted by Gasteiger charge is -2.25. The van der Waals surface area contributed by atoms with E-state index in [1.54, 1.807) is 12.1 Å². The van der Waals surface area contributed by atoms with Crippen molar-refractivity contribution in [2.45, 2.75) is 12.1 Å². The average molecular weight is 294 g/mol. The molecule has 7 heteroatoms. The highest BCUT2D eigenvalue weighted by atomic mass is 19.1. The van der Waals surface area contributed by atoms with E-state index in [-0.39, 0.29) is 30.3 Å². The van der Waals surface area contributed by atoms with E-state index < -0.39 is 6.04 Å². The maximum atomic E-state index is 13.0. The number of benzene rings is 1. The number of carbonyl (C=O) groups excluding carboxylic acids is 2. The predicted molar refractivity (Wildman–Crippen MR) is 76.2 cm³/mol. The van der Waals surface area contributed by atoms with Gasteiger partial charge in [0.1, 0.15) is 11.9 Å². The molecule has 2 rings (SSSR count). The lowest BCUT2D eigenvalue weighted by Crippen LogP contribution is -2.45. The molecule has 0 bridgehead atoms. The number of hydrogen-bond acceptors (Lipinski definition) is 3. The number of amides is 3. The van der Waals surface area contributed by atoms with E-state index in [0.717, 1.165) is 5.56 Å². The minimum absolute atomic E-state index is 0.0698. The number of rotatable bonds is 5. The van der Waals surface area contributed by atoms with E-state index in [1.807, 2.05) is 19.0 Å². The molecule has 1 fully saturated rings. The Morgan fingerprint density at radius 2 is 2.10 bits per heavy atom. The minimum Gasteiger partial charge on any atom is -0.352 e. The van der Waals surface area contributed by atoms with Gasteiger partial charge in [-0.2, -0.15) is 0 Å². The Balaban J connectivity index is 1.95.